The number of carbonyl (C=O) groups excluding carboxylic acids is 1. The minimum Gasteiger partial charge on any atom is -0.361 e. The Morgan fingerprint density at radius 1 is 1.32 bits per heavy atom. The fourth-order valence-electron chi connectivity index (χ4n) is 2.27. The molecular formula is C15H14N4O3. The van der Waals surface area contributed by atoms with Crippen molar-refractivity contribution in [3.63, 3.8) is 0 Å². The van der Waals surface area contributed by atoms with Crippen LogP contribution >= 0.6 is 0 Å². The SMILES string of the molecule is Cc1cc(CN(C)C(=O)c2n[nH]c(=O)c3ccccc23)no1. The lowest BCUT2D eigenvalue weighted by Crippen LogP contribution is -2.28. The third-order valence-electron chi connectivity index (χ3n) is 3.32. The van der Waals surface area contributed by atoms with Gasteiger partial charge < -0.3 is 9.42 Å². The van der Waals surface area contributed by atoms with Crippen LogP contribution in [-0.4, -0.2) is 33.2 Å². The number of benzene rings is 1. The van der Waals surface area contributed by atoms with E-state index in [1.165, 1.54) is 4.90 Å². The average molecular weight is 298 g/mol. The Hall–Kier alpha value is -2.96. The smallest absolute Gasteiger partial charge is 0.275 e. The molecule has 0 aliphatic carbocycles. The number of nitrogens with one attached hydrogen (secondary N) is 1. The molecule has 7 heteroatoms. The van der Waals surface area contributed by atoms with E-state index in [0.717, 1.165) is 0 Å². The number of rotatable bonds is 3. The zero-order valence-electron chi connectivity index (χ0n) is 12.2. The highest BCUT2D eigenvalue weighted by Crippen LogP contribution is 2.15. The van der Waals surface area contributed by atoms with Crippen molar-refractivity contribution in [2.24, 2.45) is 0 Å². The first-order chi connectivity index (χ1) is 10.6. The van der Waals surface area contributed by atoms with E-state index in [1.54, 1.807) is 44.3 Å². The number of aromatic amines is 1. The number of H-pyrrole nitrogens is 1. The van der Waals surface area contributed by atoms with Gasteiger partial charge in [-0.3, -0.25) is 9.59 Å². The number of hydrogen-bond acceptors (Lipinski definition) is 5. The van der Waals surface area contributed by atoms with E-state index in [1.807, 2.05) is 0 Å². The lowest BCUT2D eigenvalue weighted by molar-refractivity contribution is 0.0777. The van der Waals surface area contributed by atoms with Crippen LogP contribution in [0.2, 0.25) is 0 Å². The first kappa shape index (κ1) is 14.0. The molecule has 1 aromatic carbocycles. The standard InChI is InChI=1S/C15H14N4O3/c1-9-7-10(18-22-9)8-19(2)15(21)13-11-5-3-4-6-12(11)14(20)17-16-13/h3-7H,8H2,1-2H3,(H,17,20). The molecule has 0 atom stereocenters. The van der Waals surface area contributed by atoms with Gasteiger partial charge in [0.25, 0.3) is 11.5 Å². The molecule has 3 rings (SSSR count). The lowest BCUT2D eigenvalue weighted by Gasteiger charge is -2.15. The summed E-state index contributed by atoms with van der Waals surface area (Å²) in [5, 5.41) is 11.1. The molecule has 0 unspecified atom stereocenters. The number of carbonyl (C=O) groups is 1. The molecular weight excluding hydrogens is 284 g/mol. The quantitative estimate of drug-likeness (QED) is 0.791. The predicted octanol–water partition coefficient (Wildman–Crippen LogP) is 1.49. The van der Waals surface area contributed by atoms with Crippen LogP contribution in [0.25, 0.3) is 10.8 Å². The van der Waals surface area contributed by atoms with Gasteiger partial charge in [-0.05, 0) is 13.0 Å². The topological polar surface area (TPSA) is 92.1 Å². The Kier molecular flexibility index (Phi) is 3.46. The van der Waals surface area contributed by atoms with Gasteiger partial charge in [0.05, 0.1) is 11.9 Å². The van der Waals surface area contributed by atoms with Crippen molar-refractivity contribution in [2.75, 3.05) is 7.05 Å². The number of aryl methyl sites for hydroxylation is 1. The fraction of sp³-hybridized carbons (Fsp3) is 0.200. The van der Waals surface area contributed by atoms with Crippen molar-refractivity contribution in [3.8, 4) is 0 Å². The van der Waals surface area contributed by atoms with Crippen molar-refractivity contribution < 1.29 is 9.32 Å². The summed E-state index contributed by atoms with van der Waals surface area (Å²) in [5.74, 6) is 0.386. The molecule has 2 heterocycles. The van der Waals surface area contributed by atoms with Crippen LogP contribution in [0.1, 0.15) is 21.9 Å². The Labute approximate surface area is 125 Å². The molecule has 0 fully saturated rings. The molecule has 3 aromatic rings. The summed E-state index contributed by atoms with van der Waals surface area (Å²) >= 11 is 0. The van der Waals surface area contributed by atoms with Crippen molar-refractivity contribution in [3.05, 3.63) is 57.8 Å². The number of amides is 1. The molecule has 22 heavy (non-hydrogen) atoms. The van der Waals surface area contributed by atoms with Crippen molar-refractivity contribution in [1.82, 2.24) is 20.3 Å². The number of nitrogens with zero attached hydrogens (tertiary/aromatic N) is 3. The van der Waals surface area contributed by atoms with Gasteiger partial charge in [-0.15, -0.1) is 0 Å². The van der Waals surface area contributed by atoms with Gasteiger partial charge in [0.15, 0.2) is 5.69 Å². The average Bonchev–Trinajstić information content (AvgIpc) is 2.92. The third kappa shape index (κ3) is 2.48. The zero-order chi connectivity index (χ0) is 15.7. The highest BCUT2D eigenvalue weighted by molar-refractivity contribution is 6.04. The summed E-state index contributed by atoms with van der Waals surface area (Å²) in [4.78, 5) is 25.8. The number of aromatic nitrogens is 3. The van der Waals surface area contributed by atoms with Gasteiger partial charge in [-0.25, -0.2) is 5.10 Å². The maximum atomic E-state index is 12.6. The second kappa shape index (κ2) is 5.44. The van der Waals surface area contributed by atoms with Gasteiger partial charge >= 0.3 is 0 Å². The Morgan fingerprint density at radius 3 is 2.73 bits per heavy atom. The van der Waals surface area contributed by atoms with E-state index in [2.05, 4.69) is 15.4 Å². The van der Waals surface area contributed by atoms with Crippen molar-refractivity contribution >= 4 is 16.7 Å². The fourth-order valence-corrected chi connectivity index (χ4v) is 2.27. The molecule has 0 saturated heterocycles. The molecule has 112 valence electrons. The van der Waals surface area contributed by atoms with Gasteiger partial charge in [0.2, 0.25) is 0 Å². The first-order valence-electron chi connectivity index (χ1n) is 6.71. The zero-order valence-corrected chi connectivity index (χ0v) is 12.2. The molecule has 1 N–H and O–H groups in total. The summed E-state index contributed by atoms with van der Waals surface area (Å²) in [6.07, 6.45) is 0. The monoisotopic (exact) mass is 298 g/mol. The van der Waals surface area contributed by atoms with Crippen LogP contribution < -0.4 is 5.56 Å². The molecule has 0 aliphatic rings. The van der Waals surface area contributed by atoms with E-state index >= 15 is 0 Å². The highest BCUT2D eigenvalue weighted by Gasteiger charge is 2.19. The molecule has 2 aromatic heterocycles. The number of hydrogen-bond donors (Lipinski definition) is 1. The minimum absolute atomic E-state index is 0.206. The van der Waals surface area contributed by atoms with Gasteiger partial charge in [0.1, 0.15) is 11.5 Å². The van der Waals surface area contributed by atoms with Crippen LogP contribution in [-0.2, 0) is 6.54 Å². The molecule has 0 spiro atoms. The second-order valence-electron chi connectivity index (χ2n) is 5.04. The Balaban J connectivity index is 1.95. The second-order valence-corrected chi connectivity index (χ2v) is 5.04. The van der Waals surface area contributed by atoms with Gasteiger partial charge in [-0.2, -0.15) is 5.10 Å². The van der Waals surface area contributed by atoms with Gasteiger partial charge in [-0.1, -0.05) is 23.4 Å². The molecule has 1 amide bonds. The molecule has 7 nitrogen and oxygen atoms in total. The third-order valence-corrected chi connectivity index (χ3v) is 3.32. The molecule has 0 radical (unpaired) electrons. The summed E-state index contributed by atoms with van der Waals surface area (Å²) in [6.45, 7) is 2.08. The molecule has 0 bridgehead atoms. The van der Waals surface area contributed by atoms with E-state index in [-0.39, 0.29) is 17.2 Å². The summed E-state index contributed by atoms with van der Waals surface area (Å²) in [5.41, 5.74) is 0.543. The van der Waals surface area contributed by atoms with Crippen LogP contribution in [0.15, 0.2) is 39.6 Å². The van der Waals surface area contributed by atoms with Crippen molar-refractivity contribution in [1.29, 1.82) is 0 Å². The highest BCUT2D eigenvalue weighted by atomic mass is 16.5. The normalized spacial score (nSPS) is 10.8. The molecule has 0 saturated carbocycles. The molecule has 0 aliphatic heterocycles. The van der Waals surface area contributed by atoms with Gasteiger partial charge in [0, 0.05) is 18.5 Å². The van der Waals surface area contributed by atoms with E-state index in [0.29, 0.717) is 28.8 Å². The maximum absolute atomic E-state index is 12.6. The first-order valence-corrected chi connectivity index (χ1v) is 6.71. The van der Waals surface area contributed by atoms with E-state index in [9.17, 15) is 9.59 Å². The van der Waals surface area contributed by atoms with E-state index < -0.39 is 0 Å². The minimum atomic E-state index is -0.318. The summed E-state index contributed by atoms with van der Waals surface area (Å²) in [7, 11) is 1.65. The Bertz CT molecular complexity index is 897. The number of fused-ring (bicyclic) bond motifs is 1. The summed E-state index contributed by atoms with van der Waals surface area (Å²) in [6, 6.07) is 8.64. The predicted molar refractivity (Wildman–Crippen MR) is 79.4 cm³/mol. The van der Waals surface area contributed by atoms with Crippen LogP contribution in [0.3, 0.4) is 0 Å². The summed E-state index contributed by atoms with van der Waals surface area (Å²) < 4.78 is 4.99. The van der Waals surface area contributed by atoms with Crippen molar-refractivity contribution in [2.45, 2.75) is 13.5 Å². The van der Waals surface area contributed by atoms with Crippen LogP contribution in [0, 0.1) is 6.92 Å². The van der Waals surface area contributed by atoms with Crippen LogP contribution in [0.4, 0.5) is 0 Å². The maximum Gasteiger partial charge on any atom is 0.275 e. The Morgan fingerprint density at radius 2 is 2.05 bits per heavy atom. The van der Waals surface area contributed by atoms with E-state index in [4.69, 9.17) is 4.52 Å². The van der Waals surface area contributed by atoms with Crippen LogP contribution in [0.5, 0.6) is 0 Å². The largest absolute Gasteiger partial charge is 0.361 e. The lowest BCUT2D eigenvalue weighted by atomic mass is 10.1.